The minimum absolute atomic E-state index is 0.253. The van der Waals surface area contributed by atoms with E-state index >= 15 is 0 Å². The maximum atomic E-state index is 12.2. The molecule has 5 nitrogen and oxygen atoms in total. The SMILES string of the molecule is CC(C)(C)OC(=O)N1CCC(C[S@](=O)Cc2cnc(Cl)s2)CC1. The minimum Gasteiger partial charge on any atom is -0.444 e. The Morgan fingerprint density at radius 2 is 2.13 bits per heavy atom. The lowest BCUT2D eigenvalue weighted by atomic mass is 9.99. The Balaban J connectivity index is 1.74. The molecule has 0 aromatic carbocycles. The van der Waals surface area contributed by atoms with Crippen LogP contribution in [0, 0.1) is 5.92 Å². The minimum atomic E-state index is -0.916. The highest BCUT2D eigenvalue weighted by atomic mass is 35.5. The summed E-state index contributed by atoms with van der Waals surface area (Å²) in [5, 5.41) is 0. The number of rotatable bonds is 4. The van der Waals surface area contributed by atoms with Crippen molar-refractivity contribution < 1.29 is 13.7 Å². The normalized spacial score (nSPS) is 18.0. The van der Waals surface area contributed by atoms with Gasteiger partial charge in [0.1, 0.15) is 5.60 Å². The maximum absolute atomic E-state index is 12.2. The van der Waals surface area contributed by atoms with E-state index in [-0.39, 0.29) is 6.09 Å². The lowest BCUT2D eigenvalue weighted by Gasteiger charge is -2.33. The van der Waals surface area contributed by atoms with Gasteiger partial charge in [0, 0.05) is 40.7 Å². The Morgan fingerprint density at radius 1 is 1.48 bits per heavy atom. The summed E-state index contributed by atoms with van der Waals surface area (Å²) in [5.41, 5.74) is -0.467. The van der Waals surface area contributed by atoms with Crippen LogP contribution in [0.1, 0.15) is 38.5 Å². The Labute approximate surface area is 148 Å². The average Bonchev–Trinajstić information content (AvgIpc) is 2.82. The van der Waals surface area contributed by atoms with Crippen LogP contribution in [0.25, 0.3) is 0 Å². The molecular weight excluding hydrogens is 356 g/mol. The molecule has 1 aromatic heterocycles. The van der Waals surface area contributed by atoms with Gasteiger partial charge < -0.3 is 9.64 Å². The summed E-state index contributed by atoms with van der Waals surface area (Å²) in [7, 11) is -0.916. The van der Waals surface area contributed by atoms with E-state index in [2.05, 4.69) is 4.98 Å². The molecule has 2 heterocycles. The van der Waals surface area contributed by atoms with E-state index in [0.717, 1.165) is 17.7 Å². The predicted octanol–water partition coefficient (Wildman–Crippen LogP) is 3.69. The fourth-order valence-corrected chi connectivity index (χ4v) is 5.21. The average molecular weight is 379 g/mol. The molecule has 0 N–H and O–H groups in total. The molecule has 1 aliphatic heterocycles. The van der Waals surface area contributed by atoms with E-state index in [1.54, 1.807) is 11.1 Å². The molecule has 1 saturated heterocycles. The fraction of sp³-hybridized carbons (Fsp3) is 0.733. The quantitative estimate of drug-likeness (QED) is 0.801. The van der Waals surface area contributed by atoms with E-state index in [4.69, 9.17) is 16.3 Å². The Kier molecular flexibility index (Phi) is 6.45. The lowest BCUT2D eigenvalue weighted by molar-refractivity contribution is 0.0191. The van der Waals surface area contributed by atoms with Gasteiger partial charge in [-0.25, -0.2) is 9.78 Å². The van der Waals surface area contributed by atoms with E-state index in [1.165, 1.54) is 11.3 Å². The summed E-state index contributed by atoms with van der Waals surface area (Å²) >= 11 is 7.17. The van der Waals surface area contributed by atoms with Crippen molar-refractivity contribution in [1.29, 1.82) is 0 Å². The van der Waals surface area contributed by atoms with Gasteiger partial charge in [-0.3, -0.25) is 4.21 Å². The number of hydrogen-bond acceptors (Lipinski definition) is 5. The van der Waals surface area contributed by atoms with Crippen molar-refractivity contribution in [1.82, 2.24) is 9.88 Å². The van der Waals surface area contributed by atoms with Crippen molar-refractivity contribution in [3.05, 3.63) is 15.5 Å². The fourth-order valence-electron chi connectivity index (χ4n) is 2.44. The molecule has 23 heavy (non-hydrogen) atoms. The molecule has 1 aromatic rings. The lowest BCUT2D eigenvalue weighted by Crippen LogP contribution is -2.42. The Bertz CT molecular complexity index is 563. The molecule has 130 valence electrons. The zero-order valence-corrected chi connectivity index (χ0v) is 16.1. The number of ether oxygens (including phenoxy) is 1. The Hall–Kier alpha value is -0.660. The number of amides is 1. The summed E-state index contributed by atoms with van der Waals surface area (Å²) in [5.74, 6) is 1.56. The van der Waals surface area contributed by atoms with Crippen LogP contribution >= 0.6 is 22.9 Å². The van der Waals surface area contributed by atoms with E-state index < -0.39 is 16.4 Å². The molecular formula is C15H23ClN2O3S2. The number of aromatic nitrogens is 1. The second-order valence-electron chi connectivity index (χ2n) is 6.74. The number of carbonyl (C=O) groups is 1. The zero-order valence-electron chi connectivity index (χ0n) is 13.7. The second kappa shape index (κ2) is 7.94. The van der Waals surface area contributed by atoms with Crippen molar-refractivity contribution in [2.45, 2.75) is 45.0 Å². The summed E-state index contributed by atoms with van der Waals surface area (Å²) < 4.78 is 18.1. The smallest absolute Gasteiger partial charge is 0.410 e. The standard InChI is InChI=1S/C15H23ClN2O3S2/c1-15(2,3)21-14(19)18-6-4-11(5-7-18)9-23(20)10-12-8-17-13(16)22-12/h8,11H,4-7,9-10H2,1-3H3/t23-/m0/s1. The van der Waals surface area contributed by atoms with Crippen LogP contribution in [0.3, 0.4) is 0 Å². The number of hydrogen-bond donors (Lipinski definition) is 0. The molecule has 0 aliphatic carbocycles. The molecule has 1 atom stereocenters. The van der Waals surface area contributed by atoms with Crippen LogP contribution in [-0.2, 0) is 21.3 Å². The van der Waals surface area contributed by atoms with Crippen molar-refractivity contribution in [2.24, 2.45) is 5.92 Å². The molecule has 0 saturated carbocycles. The van der Waals surface area contributed by atoms with Gasteiger partial charge in [0.25, 0.3) is 0 Å². The van der Waals surface area contributed by atoms with Gasteiger partial charge in [-0.05, 0) is 39.5 Å². The molecule has 0 bridgehead atoms. The van der Waals surface area contributed by atoms with Gasteiger partial charge in [0.2, 0.25) is 0 Å². The first-order valence-electron chi connectivity index (χ1n) is 7.66. The number of piperidine rings is 1. The third-order valence-corrected chi connectivity index (χ3v) is 6.29. The number of halogens is 1. The Morgan fingerprint density at radius 3 is 2.65 bits per heavy atom. The summed E-state index contributed by atoms with van der Waals surface area (Å²) in [6, 6.07) is 0. The van der Waals surface area contributed by atoms with E-state index in [1.807, 2.05) is 20.8 Å². The van der Waals surface area contributed by atoms with Gasteiger partial charge in [-0.1, -0.05) is 11.6 Å². The van der Waals surface area contributed by atoms with Crippen molar-refractivity contribution in [3.63, 3.8) is 0 Å². The predicted molar refractivity (Wildman–Crippen MR) is 94.4 cm³/mol. The molecule has 1 amide bonds. The van der Waals surface area contributed by atoms with Crippen LogP contribution < -0.4 is 0 Å². The van der Waals surface area contributed by atoms with E-state index in [9.17, 15) is 9.00 Å². The second-order valence-corrected chi connectivity index (χ2v) is 9.94. The third-order valence-electron chi connectivity index (χ3n) is 3.52. The van der Waals surface area contributed by atoms with Gasteiger partial charge in [-0.15, -0.1) is 11.3 Å². The topological polar surface area (TPSA) is 59.5 Å². The molecule has 1 fully saturated rings. The van der Waals surface area contributed by atoms with Crippen molar-refractivity contribution >= 4 is 39.8 Å². The number of carbonyl (C=O) groups excluding carboxylic acids is 1. The first-order valence-corrected chi connectivity index (χ1v) is 10.3. The molecule has 1 aliphatic rings. The molecule has 2 rings (SSSR count). The van der Waals surface area contributed by atoms with E-state index in [0.29, 0.717) is 35.0 Å². The molecule has 0 unspecified atom stereocenters. The first kappa shape index (κ1) is 18.7. The molecule has 0 spiro atoms. The van der Waals surface area contributed by atoms with Crippen LogP contribution in [0.4, 0.5) is 4.79 Å². The highest BCUT2D eigenvalue weighted by Gasteiger charge is 2.27. The molecule has 0 radical (unpaired) electrons. The monoisotopic (exact) mass is 378 g/mol. The number of thiazole rings is 1. The third kappa shape index (κ3) is 6.39. The van der Waals surface area contributed by atoms with Gasteiger partial charge in [0.05, 0.1) is 5.75 Å². The summed E-state index contributed by atoms with van der Waals surface area (Å²) in [4.78, 5) is 18.7. The van der Waals surface area contributed by atoms with Gasteiger partial charge >= 0.3 is 6.09 Å². The van der Waals surface area contributed by atoms with Crippen LogP contribution in [-0.4, -0.2) is 44.6 Å². The van der Waals surface area contributed by atoms with Crippen LogP contribution in [0.5, 0.6) is 0 Å². The zero-order chi connectivity index (χ0) is 17.0. The first-order chi connectivity index (χ1) is 10.7. The van der Waals surface area contributed by atoms with Crippen LogP contribution in [0.2, 0.25) is 4.47 Å². The summed E-state index contributed by atoms with van der Waals surface area (Å²) in [6.07, 6.45) is 3.18. The summed E-state index contributed by atoms with van der Waals surface area (Å²) in [6.45, 7) is 6.94. The number of nitrogens with zero attached hydrogens (tertiary/aromatic N) is 2. The maximum Gasteiger partial charge on any atom is 0.410 e. The highest BCUT2D eigenvalue weighted by molar-refractivity contribution is 7.84. The van der Waals surface area contributed by atoms with Crippen molar-refractivity contribution in [3.8, 4) is 0 Å². The largest absolute Gasteiger partial charge is 0.444 e. The molecule has 8 heteroatoms. The van der Waals surface area contributed by atoms with Gasteiger partial charge in [0.15, 0.2) is 4.47 Å². The van der Waals surface area contributed by atoms with Crippen LogP contribution in [0.15, 0.2) is 6.20 Å². The number of likely N-dealkylation sites (tertiary alicyclic amines) is 1. The van der Waals surface area contributed by atoms with Crippen molar-refractivity contribution in [2.75, 3.05) is 18.8 Å². The highest BCUT2D eigenvalue weighted by Crippen LogP contribution is 2.23. The van der Waals surface area contributed by atoms with Gasteiger partial charge in [-0.2, -0.15) is 0 Å².